The van der Waals surface area contributed by atoms with Gasteiger partial charge in [-0.05, 0) is 35.3 Å². The van der Waals surface area contributed by atoms with Crippen molar-refractivity contribution in [3.8, 4) is 16.6 Å². The second-order valence-corrected chi connectivity index (χ2v) is 10.1. The van der Waals surface area contributed by atoms with Crippen LogP contribution in [0.25, 0.3) is 36.4 Å². The van der Waals surface area contributed by atoms with Crippen LogP contribution in [0.5, 0.6) is 0 Å². The molecule has 2 heterocycles. The molecule has 1 radical (unpaired) electrons. The average Bonchev–Trinajstić information content (AvgIpc) is 3.39. The summed E-state index contributed by atoms with van der Waals surface area (Å²) in [6.45, 7) is 15.1. The molecule has 0 saturated carbocycles. The van der Waals surface area contributed by atoms with Gasteiger partial charge in [-0.15, -0.1) is 23.6 Å². The Morgan fingerprint density at radius 1 is 1.12 bits per heavy atom. The molecule has 0 spiro atoms. The molecular formula is C31H29F2IrN4O2S-. The van der Waals surface area contributed by atoms with E-state index in [0.717, 1.165) is 42.1 Å². The van der Waals surface area contributed by atoms with Crippen molar-refractivity contribution < 1.29 is 38.8 Å². The number of aliphatic hydroxyl groups is 1. The Balaban J connectivity index is 0.000000320. The fraction of sp³-hybridized carbons (Fsp3) is 0.323. The van der Waals surface area contributed by atoms with E-state index >= 15 is 0 Å². The zero-order valence-corrected chi connectivity index (χ0v) is 26.3. The summed E-state index contributed by atoms with van der Waals surface area (Å²) in [6.07, 6.45) is 6.05. The first-order chi connectivity index (χ1) is 19.3. The summed E-state index contributed by atoms with van der Waals surface area (Å²) in [5.41, 5.74) is -1.26. The van der Waals surface area contributed by atoms with Crippen LogP contribution in [0, 0.1) is 47.4 Å². The molecular weight excluding hydrogens is 723 g/mol. The van der Waals surface area contributed by atoms with E-state index in [-0.39, 0.29) is 60.1 Å². The van der Waals surface area contributed by atoms with Crippen molar-refractivity contribution in [2.45, 2.75) is 53.4 Å². The Morgan fingerprint density at radius 3 is 2.32 bits per heavy atom. The maximum atomic E-state index is 14.8. The first-order valence-electron chi connectivity index (χ1n) is 13.0. The Bertz CT molecular complexity index is 1620. The maximum absolute atomic E-state index is 14.8. The van der Waals surface area contributed by atoms with Gasteiger partial charge >= 0.3 is 0 Å². The van der Waals surface area contributed by atoms with Gasteiger partial charge in [-0.2, -0.15) is 5.26 Å². The van der Waals surface area contributed by atoms with Gasteiger partial charge in [-0.1, -0.05) is 39.8 Å². The number of benzene rings is 2. The average molecular weight is 752 g/mol. The second-order valence-electron chi connectivity index (χ2n) is 9.07. The number of thiophene rings is 1. The van der Waals surface area contributed by atoms with Crippen LogP contribution in [0.15, 0.2) is 42.4 Å². The third-order valence-electron chi connectivity index (χ3n) is 6.81. The third-order valence-corrected chi connectivity index (χ3v) is 7.88. The number of aliphatic hydroxyl groups excluding tert-OH is 1. The fourth-order valence-electron chi connectivity index (χ4n) is 4.40. The summed E-state index contributed by atoms with van der Waals surface area (Å²) >= 11 is 1.34. The number of aromatic nitrogens is 2. The number of carbonyl (C=O) groups excluding carboxylic acids is 1. The van der Waals surface area contributed by atoms with Crippen molar-refractivity contribution in [3.63, 3.8) is 0 Å². The number of rotatable bonds is 8. The molecule has 0 aliphatic heterocycles. The number of nitrogens with zero attached hydrogens (tertiary/aromatic N) is 4. The van der Waals surface area contributed by atoms with E-state index in [0.29, 0.717) is 4.88 Å². The van der Waals surface area contributed by atoms with Crippen molar-refractivity contribution in [1.82, 2.24) is 9.97 Å². The van der Waals surface area contributed by atoms with E-state index in [1.807, 2.05) is 52.0 Å². The van der Waals surface area contributed by atoms with Gasteiger partial charge in [0.15, 0.2) is 11.6 Å². The minimum atomic E-state index is -1.20. The molecule has 0 unspecified atom stereocenters. The van der Waals surface area contributed by atoms with Crippen LogP contribution < -0.4 is 0 Å². The first-order valence-corrected chi connectivity index (χ1v) is 13.9. The number of hydrogen-bond acceptors (Lipinski definition) is 6. The minimum Gasteiger partial charge on any atom is -0.512 e. The van der Waals surface area contributed by atoms with Crippen LogP contribution in [-0.2, 0) is 24.9 Å². The van der Waals surface area contributed by atoms with E-state index in [9.17, 15) is 23.9 Å². The van der Waals surface area contributed by atoms with Gasteiger partial charge in [0.25, 0.3) is 5.69 Å². The standard InChI is InChI=1S/C18H5F2N4S.C13H24O2.Ir/c1-22-18-14(19)10(7-21)16-13(15(18)20)17(24-8-23-16)12-6-9-4-2-3-5-11(9)25-12;1-5-10(6-2)12(14)9-13(15)11(7-3)8-4;/h2-5,8H;9-11,14H,5-8H2,1-4H3;/q-1;;/b;12-9-;. The SMILES string of the molecule is CCC(CC)C(=O)/C=C(\O)C(CC)CC.[C-]#[N+]c1c(F)c(C#N)c2ncnc(-c3[c-]c4ccccc4s3)c2c1F.[Ir]. The quantitative estimate of drug-likeness (QED) is 0.110. The molecule has 6 nitrogen and oxygen atoms in total. The molecule has 0 bridgehead atoms. The van der Waals surface area contributed by atoms with E-state index in [1.165, 1.54) is 17.4 Å². The molecule has 0 fully saturated rings. The summed E-state index contributed by atoms with van der Waals surface area (Å²) in [6, 6.07) is 12.3. The number of hydrogen-bond donors (Lipinski definition) is 1. The van der Waals surface area contributed by atoms with Crippen LogP contribution in [0.3, 0.4) is 0 Å². The molecule has 2 aromatic heterocycles. The molecule has 0 aliphatic rings. The number of halogens is 2. The summed E-state index contributed by atoms with van der Waals surface area (Å²) < 4.78 is 29.9. The first kappa shape index (κ1) is 33.6. The number of fused-ring (bicyclic) bond motifs is 2. The third kappa shape index (κ3) is 7.21. The predicted octanol–water partition coefficient (Wildman–Crippen LogP) is 8.88. The fourth-order valence-corrected chi connectivity index (χ4v) is 5.40. The summed E-state index contributed by atoms with van der Waals surface area (Å²) in [5.74, 6) is -1.72. The summed E-state index contributed by atoms with van der Waals surface area (Å²) in [4.78, 5) is 23.1. The van der Waals surface area contributed by atoms with Gasteiger partial charge in [0.05, 0.1) is 17.8 Å². The van der Waals surface area contributed by atoms with Gasteiger partial charge in [0.2, 0.25) is 0 Å². The molecule has 215 valence electrons. The molecule has 1 N–H and O–H groups in total. The topological polar surface area (TPSA) is 91.2 Å². The van der Waals surface area contributed by atoms with Gasteiger partial charge < -0.3 is 5.11 Å². The molecule has 4 aromatic rings. The summed E-state index contributed by atoms with van der Waals surface area (Å²) in [5, 5.41) is 19.7. The van der Waals surface area contributed by atoms with E-state index in [1.54, 1.807) is 6.07 Å². The van der Waals surface area contributed by atoms with Crippen molar-refractivity contribution in [2.24, 2.45) is 11.8 Å². The Labute approximate surface area is 255 Å². The van der Waals surface area contributed by atoms with Gasteiger partial charge in [0.1, 0.15) is 23.8 Å². The van der Waals surface area contributed by atoms with Crippen molar-refractivity contribution in [1.29, 1.82) is 5.26 Å². The van der Waals surface area contributed by atoms with Crippen LogP contribution in [0.4, 0.5) is 14.5 Å². The van der Waals surface area contributed by atoms with Crippen LogP contribution in [0.2, 0.25) is 0 Å². The predicted molar refractivity (Wildman–Crippen MR) is 154 cm³/mol. The maximum Gasteiger partial charge on any atom is 0.258 e. The molecule has 2 aromatic carbocycles. The number of nitriles is 1. The largest absolute Gasteiger partial charge is 0.512 e. The van der Waals surface area contributed by atoms with Crippen molar-refractivity contribution in [2.75, 3.05) is 0 Å². The molecule has 41 heavy (non-hydrogen) atoms. The monoisotopic (exact) mass is 752 g/mol. The second kappa shape index (κ2) is 15.4. The number of carbonyl (C=O) groups is 1. The normalized spacial score (nSPS) is 11.1. The van der Waals surface area contributed by atoms with Crippen molar-refractivity contribution in [3.05, 3.63) is 77.1 Å². The minimum absolute atomic E-state index is 0. The van der Waals surface area contributed by atoms with Gasteiger partial charge in [0, 0.05) is 49.1 Å². The Kier molecular flexibility index (Phi) is 12.7. The molecule has 0 aliphatic carbocycles. The van der Waals surface area contributed by atoms with Gasteiger partial charge in [-0.25, -0.2) is 29.9 Å². The summed E-state index contributed by atoms with van der Waals surface area (Å²) in [7, 11) is 0. The van der Waals surface area contributed by atoms with E-state index < -0.39 is 22.9 Å². The smallest absolute Gasteiger partial charge is 0.258 e. The van der Waals surface area contributed by atoms with E-state index in [2.05, 4.69) is 20.9 Å². The number of ketones is 1. The number of allylic oxidation sites excluding steroid dienone is 2. The zero-order valence-electron chi connectivity index (χ0n) is 23.1. The molecule has 0 atom stereocenters. The molecule has 0 saturated heterocycles. The van der Waals surface area contributed by atoms with Crippen molar-refractivity contribution >= 4 is 43.8 Å². The van der Waals surface area contributed by atoms with Crippen LogP contribution in [0.1, 0.15) is 58.9 Å². The molecule has 4 rings (SSSR count). The molecule has 10 heteroatoms. The van der Waals surface area contributed by atoms with E-state index in [4.69, 9.17) is 6.57 Å². The molecule has 0 amide bonds. The van der Waals surface area contributed by atoms with Crippen LogP contribution in [-0.4, -0.2) is 20.9 Å². The van der Waals surface area contributed by atoms with Gasteiger partial charge in [-0.3, -0.25) is 9.78 Å². The Hall–Kier alpha value is -3.56. The van der Waals surface area contributed by atoms with Crippen LogP contribution >= 0.6 is 11.3 Å². The Morgan fingerprint density at radius 2 is 1.76 bits per heavy atom. The zero-order chi connectivity index (χ0) is 29.4.